The average molecular weight is 419 g/mol. The normalized spacial score (nSPS) is 10.5. The van der Waals surface area contributed by atoms with Gasteiger partial charge in [0.05, 0.1) is 13.2 Å². The van der Waals surface area contributed by atoms with Crippen molar-refractivity contribution in [2.75, 3.05) is 13.2 Å². The lowest BCUT2D eigenvalue weighted by Gasteiger charge is -2.06. The van der Waals surface area contributed by atoms with Gasteiger partial charge in [0.15, 0.2) is 11.6 Å². The summed E-state index contributed by atoms with van der Waals surface area (Å²) in [4.78, 5) is 47.9. The lowest BCUT2D eigenvalue weighted by Crippen LogP contribution is -2.08. The van der Waals surface area contributed by atoms with E-state index in [1.165, 1.54) is 0 Å². The van der Waals surface area contributed by atoms with Crippen LogP contribution in [0, 0.1) is 0 Å². The molecule has 1 aromatic rings. The van der Waals surface area contributed by atoms with Gasteiger partial charge in [0, 0.05) is 36.8 Å². The van der Waals surface area contributed by atoms with Gasteiger partial charge in [-0.15, -0.1) is 0 Å². The molecule has 6 heteroatoms. The van der Waals surface area contributed by atoms with Gasteiger partial charge in [-0.25, -0.2) is 0 Å². The molecule has 0 unspecified atom stereocenters. The van der Waals surface area contributed by atoms with Crippen molar-refractivity contribution in [3.05, 3.63) is 35.4 Å². The summed E-state index contributed by atoms with van der Waals surface area (Å²) in [5.41, 5.74) is 0.915. The van der Waals surface area contributed by atoms with Crippen LogP contribution in [0.3, 0.4) is 0 Å². The van der Waals surface area contributed by atoms with Crippen molar-refractivity contribution in [3.63, 3.8) is 0 Å². The maximum absolute atomic E-state index is 12.4. The molecule has 30 heavy (non-hydrogen) atoms. The molecule has 0 radical (unpaired) electrons. The number of ether oxygens (including phenoxy) is 2. The summed E-state index contributed by atoms with van der Waals surface area (Å²) in [7, 11) is 0. The third-order valence-electron chi connectivity index (χ3n) is 4.60. The molecule has 0 fully saturated rings. The predicted octanol–water partition coefficient (Wildman–Crippen LogP) is 5.08. The third kappa shape index (κ3) is 10.9. The number of unbranched alkanes of at least 4 members (excludes halogenated alkanes) is 2. The molecule has 1 aromatic carbocycles. The van der Waals surface area contributed by atoms with Gasteiger partial charge in [0.25, 0.3) is 0 Å². The Morgan fingerprint density at radius 3 is 1.50 bits per heavy atom. The second-order valence-electron chi connectivity index (χ2n) is 7.28. The molecule has 1 rings (SSSR count). The zero-order chi connectivity index (χ0) is 22.2. The summed E-state index contributed by atoms with van der Waals surface area (Å²) in [5, 5.41) is 0. The SMILES string of the molecule is CCCCOC(=O)CCCC(=O)c1cccc(C(=O)CCCC(=O)OCCCC)c1. The van der Waals surface area contributed by atoms with Crippen molar-refractivity contribution < 1.29 is 28.7 Å². The standard InChI is InChI=1S/C24H34O6/c1-3-5-16-29-23(27)14-8-12-21(25)19-10-7-11-20(18-19)22(26)13-9-15-24(28)30-17-6-4-2/h7,10-11,18H,3-6,8-9,12-17H2,1-2H3. The molecule has 0 aliphatic rings. The number of hydrogen-bond acceptors (Lipinski definition) is 6. The van der Waals surface area contributed by atoms with E-state index < -0.39 is 0 Å². The first-order valence-electron chi connectivity index (χ1n) is 11.0. The highest BCUT2D eigenvalue weighted by atomic mass is 16.5. The van der Waals surface area contributed by atoms with Crippen LogP contribution in [0.4, 0.5) is 0 Å². The Balaban J connectivity index is 2.39. The maximum atomic E-state index is 12.4. The van der Waals surface area contributed by atoms with Crippen molar-refractivity contribution in [2.24, 2.45) is 0 Å². The molecule has 6 nitrogen and oxygen atoms in total. The van der Waals surface area contributed by atoms with Crippen molar-refractivity contribution in [1.29, 1.82) is 0 Å². The second-order valence-corrected chi connectivity index (χ2v) is 7.28. The van der Waals surface area contributed by atoms with E-state index in [2.05, 4.69) is 0 Å². The lowest BCUT2D eigenvalue weighted by atomic mass is 9.99. The highest BCUT2D eigenvalue weighted by Crippen LogP contribution is 2.13. The van der Waals surface area contributed by atoms with Crippen LogP contribution in [0.2, 0.25) is 0 Å². The summed E-state index contributed by atoms with van der Waals surface area (Å²) >= 11 is 0. The number of carbonyl (C=O) groups excluding carboxylic acids is 4. The van der Waals surface area contributed by atoms with E-state index in [0.717, 1.165) is 25.7 Å². The fraction of sp³-hybridized carbons (Fsp3) is 0.583. The minimum Gasteiger partial charge on any atom is -0.466 e. The molecule has 0 atom stereocenters. The van der Waals surface area contributed by atoms with Crippen molar-refractivity contribution in [1.82, 2.24) is 0 Å². The van der Waals surface area contributed by atoms with Crippen LogP contribution in [0.25, 0.3) is 0 Å². The predicted molar refractivity (Wildman–Crippen MR) is 115 cm³/mol. The van der Waals surface area contributed by atoms with E-state index in [9.17, 15) is 19.2 Å². The highest BCUT2D eigenvalue weighted by Gasteiger charge is 2.13. The Bertz CT molecular complexity index is 639. The number of carbonyl (C=O) groups is 4. The van der Waals surface area contributed by atoms with E-state index in [0.29, 0.717) is 37.2 Å². The lowest BCUT2D eigenvalue weighted by molar-refractivity contribution is -0.144. The number of rotatable bonds is 16. The fourth-order valence-electron chi connectivity index (χ4n) is 2.75. The third-order valence-corrected chi connectivity index (χ3v) is 4.60. The molecule has 0 aromatic heterocycles. The molecule has 0 amide bonds. The van der Waals surface area contributed by atoms with Gasteiger partial charge < -0.3 is 9.47 Å². The van der Waals surface area contributed by atoms with Gasteiger partial charge >= 0.3 is 11.9 Å². The zero-order valence-electron chi connectivity index (χ0n) is 18.2. The summed E-state index contributed by atoms with van der Waals surface area (Å²) in [6.07, 6.45) is 5.31. The van der Waals surface area contributed by atoms with Gasteiger partial charge in [0.2, 0.25) is 0 Å². The topological polar surface area (TPSA) is 86.7 Å². The van der Waals surface area contributed by atoms with E-state index in [1.54, 1.807) is 24.3 Å². The Morgan fingerprint density at radius 1 is 0.667 bits per heavy atom. The summed E-state index contributed by atoms with van der Waals surface area (Å²) in [5.74, 6) is -0.780. The Morgan fingerprint density at radius 2 is 1.10 bits per heavy atom. The van der Waals surface area contributed by atoms with Crippen LogP contribution in [-0.4, -0.2) is 36.7 Å². The van der Waals surface area contributed by atoms with Crippen LogP contribution in [0.15, 0.2) is 24.3 Å². The zero-order valence-corrected chi connectivity index (χ0v) is 18.2. The second kappa shape index (κ2) is 15.4. The van der Waals surface area contributed by atoms with Gasteiger partial charge in [-0.05, 0) is 31.7 Å². The molecule has 0 bridgehead atoms. The van der Waals surface area contributed by atoms with Gasteiger partial charge in [-0.2, -0.15) is 0 Å². The summed E-state index contributed by atoms with van der Waals surface area (Å²) in [6.45, 7) is 4.88. The summed E-state index contributed by atoms with van der Waals surface area (Å²) < 4.78 is 10.1. The quantitative estimate of drug-likeness (QED) is 0.211. The first-order valence-corrected chi connectivity index (χ1v) is 11.0. The maximum Gasteiger partial charge on any atom is 0.305 e. The smallest absolute Gasteiger partial charge is 0.305 e. The number of hydrogen-bond donors (Lipinski definition) is 0. The molecule has 0 saturated carbocycles. The van der Waals surface area contributed by atoms with Crippen LogP contribution >= 0.6 is 0 Å². The first kappa shape index (κ1) is 25.5. The minimum absolute atomic E-state index is 0.106. The molecular weight excluding hydrogens is 384 g/mol. The van der Waals surface area contributed by atoms with Crippen LogP contribution < -0.4 is 0 Å². The molecule has 166 valence electrons. The van der Waals surface area contributed by atoms with E-state index >= 15 is 0 Å². The molecule has 0 aliphatic carbocycles. The number of benzene rings is 1. The van der Waals surface area contributed by atoms with Gasteiger partial charge in [0.1, 0.15) is 0 Å². The summed E-state index contributed by atoms with van der Waals surface area (Å²) in [6, 6.07) is 6.61. The number of esters is 2. The Kier molecular flexibility index (Phi) is 13.1. The fourth-order valence-corrected chi connectivity index (χ4v) is 2.75. The van der Waals surface area contributed by atoms with E-state index in [-0.39, 0.29) is 49.2 Å². The number of Topliss-reactive ketones (excluding diaryl/α,β-unsaturated/α-hetero) is 2. The van der Waals surface area contributed by atoms with E-state index in [4.69, 9.17) is 9.47 Å². The molecule has 0 spiro atoms. The highest BCUT2D eigenvalue weighted by molar-refractivity contribution is 6.01. The van der Waals surface area contributed by atoms with Gasteiger partial charge in [-0.1, -0.05) is 44.9 Å². The molecule has 0 heterocycles. The van der Waals surface area contributed by atoms with Crippen LogP contribution in [0.5, 0.6) is 0 Å². The average Bonchev–Trinajstić information content (AvgIpc) is 2.74. The van der Waals surface area contributed by atoms with Crippen molar-refractivity contribution in [2.45, 2.75) is 78.1 Å². The molecule has 0 aliphatic heterocycles. The molecule has 0 N–H and O–H groups in total. The largest absolute Gasteiger partial charge is 0.466 e. The van der Waals surface area contributed by atoms with Crippen LogP contribution in [0.1, 0.15) is 98.8 Å². The van der Waals surface area contributed by atoms with Crippen LogP contribution in [-0.2, 0) is 19.1 Å². The number of ketones is 2. The van der Waals surface area contributed by atoms with Gasteiger partial charge in [-0.3, -0.25) is 19.2 Å². The monoisotopic (exact) mass is 418 g/mol. The van der Waals surface area contributed by atoms with E-state index in [1.807, 2.05) is 13.8 Å². The first-order chi connectivity index (χ1) is 14.5. The molecular formula is C24H34O6. The van der Waals surface area contributed by atoms with Crippen molar-refractivity contribution in [3.8, 4) is 0 Å². The molecule has 0 saturated heterocycles. The Labute approximate surface area is 179 Å². The minimum atomic E-state index is -0.284. The Hall–Kier alpha value is -2.50. The van der Waals surface area contributed by atoms with Crippen molar-refractivity contribution >= 4 is 23.5 Å².